The summed E-state index contributed by atoms with van der Waals surface area (Å²) in [5.41, 5.74) is 0.218. The van der Waals surface area contributed by atoms with Gasteiger partial charge in [-0.15, -0.1) is 0 Å². The molecule has 2 aliphatic carbocycles. The Bertz CT molecular complexity index is 217. The van der Waals surface area contributed by atoms with Crippen molar-refractivity contribution < 1.29 is 5.11 Å². The van der Waals surface area contributed by atoms with Crippen LogP contribution in [0.3, 0.4) is 0 Å². The first-order chi connectivity index (χ1) is 7.63. The molecular formula is C14H27NO. The lowest BCUT2D eigenvalue weighted by Gasteiger charge is -2.40. The number of hydrogen-bond acceptors (Lipinski definition) is 2. The molecule has 1 N–H and O–H groups in total. The maximum atomic E-state index is 9.70. The highest BCUT2D eigenvalue weighted by Crippen LogP contribution is 2.39. The van der Waals surface area contributed by atoms with E-state index in [9.17, 15) is 5.11 Å². The van der Waals surface area contributed by atoms with E-state index < -0.39 is 0 Å². The van der Waals surface area contributed by atoms with E-state index in [1.54, 1.807) is 0 Å². The number of hydrogen-bond donors (Lipinski definition) is 1. The molecule has 2 heteroatoms. The van der Waals surface area contributed by atoms with Crippen LogP contribution in [0, 0.1) is 17.3 Å². The van der Waals surface area contributed by atoms with Gasteiger partial charge in [0.2, 0.25) is 0 Å². The van der Waals surface area contributed by atoms with Crippen molar-refractivity contribution >= 4 is 0 Å². The topological polar surface area (TPSA) is 23.5 Å². The Labute approximate surface area is 100 Å². The van der Waals surface area contributed by atoms with Crippen LogP contribution in [0.15, 0.2) is 0 Å². The Hall–Kier alpha value is -0.0800. The molecule has 2 aliphatic rings. The van der Waals surface area contributed by atoms with Crippen molar-refractivity contribution in [2.75, 3.05) is 26.7 Å². The van der Waals surface area contributed by atoms with Gasteiger partial charge >= 0.3 is 0 Å². The zero-order valence-corrected chi connectivity index (χ0v) is 10.9. The minimum Gasteiger partial charge on any atom is -0.396 e. The van der Waals surface area contributed by atoms with Gasteiger partial charge in [0.05, 0.1) is 0 Å². The third-order valence-corrected chi connectivity index (χ3v) is 4.54. The van der Waals surface area contributed by atoms with Gasteiger partial charge in [0, 0.05) is 25.1 Å². The minimum atomic E-state index is 0.218. The maximum absolute atomic E-state index is 9.70. The van der Waals surface area contributed by atoms with Gasteiger partial charge in [-0.1, -0.05) is 19.8 Å². The standard InChI is InChI=1S/C14H27NO/c1-12-5-7-14(11-16,8-6-12)10-15(2)9-13-3-4-13/h12-13,16H,3-11H2,1-2H3. The first-order valence-electron chi connectivity index (χ1n) is 6.93. The molecule has 0 radical (unpaired) electrons. The number of aliphatic hydroxyl groups excluding tert-OH is 1. The van der Waals surface area contributed by atoms with Gasteiger partial charge in [-0.25, -0.2) is 0 Å². The largest absolute Gasteiger partial charge is 0.396 e. The summed E-state index contributed by atoms with van der Waals surface area (Å²) in [6.45, 7) is 5.08. The van der Waals surface area contributed by atoms with Gasteiger partial charge in [0.25, 0.3) is 0 Å². The molecule has 0 atom stereocenters. The van der Waals surface area contributed by atoms with Crippen molar-refractivity contribution in [1.82, 2.24) is 4.90 Å². The Balaban J connectivity index is 1.82. The smallest absolute Gasteiger partial charge is 0.0499 e. The summed E-state index contributed by atoms with van der Waals surface area (Å²) in [5.74, 6) is 1.83. The third kappa shape index (κ3) is 3.21. The van der Waals surface area contributed by atoms with Crippen LogP contribution < -0.4 is 0 Å². The summed E-state index contributed by atoms with van der Waals surface area (Å²) in [6.07, 6.45) is 7.90. The van der Waals surface area contributed by atoms with Crippen molar-refractivity contribution in [2.45, 2.75) is 45.4 Å². The fourth-order valence-corrected chi connectivity index (χ4v) is 3.12. The van der Waals surface area contributed by atoms with Gasteiger partial charge in [-0.3, -0.25) is 0 Å². The summed E-state index contributed by atoms with van der Waals surface area (Å²) < 4.78 is 0. The highest BCUT2D eigenvalue weighted by molar-refractivity contribution is 4.87. The molecule has 0 aromatic carbocycles. The average Bonchev–Trinajstić information content (AvgIpc) is 3.06. The molecule has 0 unspecified atom stereocenters. The normalized spacial score (nSPS) is 35.6. The van der Waals surface area contributed by atoms with Crippen LogP contribution in [0.5, 0.6) is 0 Å². The van der Waals surface area contributed by atoms with E-state index in [4.69, 9.17) is 0 Å². The van der Waals surface area contributed by atoms with E-state index in [-0.39, 0.29) is 5.41 Å². The highest BCUT2D eigenvalue weighted by atomic mass is 16.3. The fourth-order valence-electron chi connectivity index (χ4n) is 3.12. The van der Waals surface area contributed by atoms with E-state index in [0.717, 1.165) is 18.4 Å². The molecule has 94 valence electrons. The van der Waals surface area contributed by atoms with E-state index in [1.807, 2.05) is 0 Å². The van der Waals surface area contributed by atoms with Crippen LogP contribution in [-0.2, 0) is 0 Å². The van der Waals surface area contributed by atoms with Crippen LogP contribution in [0.1, 0.15) is 45.4 Å². The van der Waals surface area contributed by atoms with Gasteiger partial charge in [0.1, 0.15) is 0 Å². The zero-order chi connectivity index (χ0) is 11.6. The maximum Gasteiger partial charge on any atom is 0.0499 e. The van der Waals surface area contributed by atoms with Crippen molar-refractivity contribution in [3.05, 3.63) is 0 Å². The fraction of sp³-hybridized carbons (Fsp3) is 1.00. The van der Waals surface area contributed by atoms with Crippen LogP contribution >= 0.6 is 0 Å². The van der Waals surface area contributed by atoms with E-state index in [2.05, 4.69) is 18.9 Å². The molecule has 2 rings (SSSR count). The number of rotatable bonds is 5. The molecule has 2 fully saturated rings. The van der Waals surface area contributed by atoms with Gasteiger partial charge < -0.3 is 10.0 Å². The molecule has 0 saturated heterocycles. The second-order valence-electron chi connectivity index (χ2n) is 6.48. The lowest BCUT2D eigenvalue weighted by Crippen LogP contribution is -2.41. The predicted octanol–water partition coefficient (Wildman–Crippen LogP) is 2.52. The first kappa shape index (κ1) is 12.4. The molecule has 0 aromatic rings. The van der Waals surface area contributed by atoms with Crippen molar-refractivity contribution in [1.29, 1.82) is 0 Å². The second kappa shape index (κ2) is 5.05. The summed E-state index contributed by atoms with van der Waals surface area (Å²) in [7, 11) is 2.23. The number of aliphatic hydroxyl groups is 1. The molecule has 2 saturated carbocycles. The second-order valence-corrected chi connectivity index (χ2v) is 6.48. The molecule has 0 amide bonds. The van der Waals surface area contributed by atoms with Crippen molar-refractivity contribution in [3.8, 4) is 0 Å². The zero-order valence-electron chi connectivity index (χ0n) is 10.9. The molecule has 16 heavy (non-hydrogen) atoms. The molecule has 2 nitrogen and oxygen atoms in total. The molecule has 0 heterocycles. The summed E-state index contributed by atoms with van der Waals surface area (Å²) in [5, 5.41) is 9.70. The van der Waals surface area contributed by atoms with E-state index in [0.29, 0.717) is 6.61 Å². The van der Waals surface area contributed by atoms with Crippen molar-refractivity contribution in [3.63, 3.8) is 0 Å². The lowest BCUT2D eigenvalue weighted by molar-refractivity contribution is 0.0355. The van der Waals surface area contributed by atoms with Crippen LogP contribution in [0.2, 0.25) is 0 Å². The molecular weight excluding hydrogens is 198 g/mol. The lowest BCUT2D eigenvalue weighted by atomic mass is 9.71. The molecule has 0 bridgehead atoms. The molecule has 0 spiro atoms. The predicted molar refractivity (Wildman–Crippen MR) is 67.4 cm³/mol. The number of nitrogens with zero attached hydrogens (tertiary/aromatic N) is 1. The van der Waals surface area contributed by atoms with Crippen LogP contribution in [0.25, 0.3) is 0 Å². The Morgan fingerprint density at radius 2 is 1.81 bits per heavy atom. The summed E-state index contributed by atoms with van der Waals surface area (Å²) >= 11 is 0. The van der Waals surface area contributed by atoms with Gasteiger partial charge in [-0.2, -0.15) is 0 Å². The van der Waals surface area contributed by atoms with Gasteiger partial charge in [-0.05, 0) is 44.6 Å². The SMILES string of the molecule is CC1CCC(CO)(CN(C)CC2CC2)CC1. The van der Waals surface area contributed by atoms with Gasteiger partial charge in [0.15, 0.2) is 0 Å². The first-order valence-corrected chi connectivity index (χ1v) is 6.93. The Morgan fingerprint density at radius 1 is 1.19 bits per heavy atom. The van der Waals surface area contributed by atoms with E-state index in [1.165, 1.54) is 45.1 Å². The third-order valence-electron chi connectivity index (χ3n) is 4.54. The summed E-state index contributed by atoms with van der Waals surface area (Å²) in [6, 6.07) is 0. The average molecular weight is 225 g/mol. The summed E-state index contributed by atoms with van der Waals surface area (Å²) in [4.78, 5) is 2.46. The van der Waals surface area contributed by atoms with Crippen LogP contribution in [-0.4, -0.2) is 36.8 Å². The Kier molecular flexibility index (Phi) is 3.91. The monoisotopic (exact) mass is 225 g/mol. The minimum absolute atomic E-state index is 0.218. The quantitative estimate of drug-likeness (QED) is 0.777. The molecule has 0 aliphatic heterocycles. The highest BCUT2D eigenvalue weighted by Gasteiger charge is 2.35. The van der Waals surface area contributed by atoms with E-state index >= 15 is 0 Å². The Morgan fingerprint density at radius 3 is 2.31 bits per heavy atom. The van der Waals surface area contributed by atoms with Crippen molar-refractivity contribution in [2.24, 2.45) is 17.3 Å². The van der Waals surface area contributed by atoms with Crippen LogP contribution in [0.4, 0.5) is 0 Å². The molecule has 0 aromatic heterocycles.